The van der Waals surface area contributed by atoms with Gasteiger partial charge in [-0.05, 0) is 26.0 Å². The minimum atomic E-state index is -0.449. The lowest BCUT2D eigenvalue weighted by Gasteiger charge is -2.37. The third kappa shape index (κ3) is 3.23. The Hall–Kier alpha value is -1.66. The van der Waals surface area contributed by atoms with E-state index in [1.807, 2.05) is 11.0 Å². The van der Waals surface area contributed by atoms with Gasteiger partial charge in [0.15, 0.2) is 5.79 Å². The van der Waals surface area contributed by atoms with Crippen molar-refractivity contribution < 1.29 is 14.3 Å². The maximum absolute atomic E-state index is 12.5. The maximum Gasteiger partial charge on any atom is 0.272 e. The Morgan fingerprint density at radius 2 is 1.95 bits per heavy atom. The molecule has 3 heterocycles. The van der Waals surface area contributed by atoms with Crippen LogP contribution in [0.5, 0.6) is 0 Å². The lowest BCUT2D eigenvalue weighted by Crippen LogP contribution is -2.47. The number of likely N-dealkylation sites (tertiary alicyclic amines) is 1. The zero-order valence-electron chi connectivity index (χ0n) is 13.2. The molecule has 22 heavy (non-hydrogen) atoms. The fourth-order valence-corrected chi connectivity index (χ4v) is 2.94. The van der Waals surface area contributed by atoms with Gasteiger partial charge >= 0.3 is 0 Å². The number of piperidine rings is 1. The highest BCUT2D eigenvalue weighted by Gasteiger charge is 2.40. The number of hydrogen-bond donors (Lipinski definition) is 1. The van der Waals surface area contributed by atoms with Crippen molar-refractivity contribution in [2.24, 2.45) is 0 Å². The van der Waals surface area contributed by atoms with Crippen molar-refractivity contribution in [1.29, 1.82) is 0 Å². The fourth-order valence-electron chi connectivity index (χ4n) is 2.94. The van der Waals surface area contributed by atoms with E-state index >= 15 is 0 Å². The van der Waals surface area contributed by atoms with Crippen LogP contribution >= 0.6 is 0 Å². The van der Waals surface area contributed by atoms with E-state index in [0.29, 0.717) is 38.0 Å². The molecule has 1 N–H and O–H groups in total. The Morgan fingerprint density at radius 3 is 2.50 bits per heavy atom. The van der Waals surface area contributed by atoms with Crippen LogP contribution in [0.3, 0.4) is 0 Å². The van der Waals surface area contributed by atoms with Crippen LogP contribution in [0.1, 0.15) is 37.2 Å². The predicted octanol–water partition coefficient (Wildman–Crippen LogP) is 1.88. The van der Waals surface area contributed by atoms with Gasteiger partial charge in [0.05, 0.1) is 25.1 Å². The lowest BCUT2D eigenvalue weighted by molar-refractivity contribution is -0.181. The molecule has 1 amide bonds. The summed E-state index contributed by atoms with van der Waals surface area (Å²) in [6.45, 7) is 6.73. The number of carbonyl (C=O) groups is 1. The first-order chi connectivity index (χ1) is 10.6. The van der Waals surface area contributed by atoms with Gasteiger partial charge in [-0.3, -0.25) is 4.79 Å². The summed E-state index contributed by atoms with van der Waals surface area (Å²) in [5.41, 5.74) is 1.41. The third-order valence-corrected chi connectivity index (χ3v) is 4.06. The van der Waals surface area contributed by atoms with Gasteiger partial charge in [0.25, 0.3) is 5.91 Å². The zero-order chi connectivity index (χ0) is 15.6. The van der Waals surface area contributed by atoms with Gasteiger partial charge in [-0.25, -0.2) is 4.98 Å². The molecular weight excluding hydrogens is 282 g/mol. The Kier molecular flexibility index (Phi) is 4.31. The smallest absolute Gasteiger partial charge is 0.272 e. The topological polar surface area (TPSA) is 63.7 Å². The van der Waals surface area contributed by atoms with Gasteiger partial charge in [-0.1, -0.05) is 0 Å². The standard InChI is InChI=1S/C16H23N3O3/c1-12(2)18-13-3-4-14(17-11-13)15(20)19-7-5-16(6-8-19)21-9-10-22-16/h3-4,11-12,18H,5-10H2,1-2H3. The molecule has 2 fully saturated rings. The van der Waals surface area contributed by atoms with Gasteiger partial charge < -0.3 is 19.7 Å². The molecule has 0 saturated carbocycles. The molecule has 0 bridgehead atoms. The van der Waals surface area contributed by atoms with Crippen molar-refractivity contribution >= 4 is 11.6 Å². The fraction of sp³-hybridized carbons (Fsp3) is 0.625. The summed E-state index contributed by atoms with van der Waals surface area (Å²) in [5, 5.41) is 3.26. The van der Waals surface area contributed by atoms with Crippen molar-refractivity contribution in [2.75, 3.05) is 31.6 Å². The van der Waals surface area contributed by atoms with Crippen LogP contribution in [-0.2, 0) is 9.47 Å². The summed E-state index contributed by atoms with van der Waals surface area (Å²) in [5.74, 6) is -0.473. The minimum Gasteiger partial charge on any atom is -0.382 e. The molecule has 0 aromatic carbocycles. The van der Waals surface area contributed by atoms with E-state index in [1.165, 1.54) is 0 Å². The molecule has 2 aliphatic heterocycles. The lowest BCUT2D eigenvalue weighted by atomic mass is 10.0. The van der Waals surface area contributed by atoms with Crippen molar-refractivity contribution in [3.05, 3.63) is 24.0 Å². The van der Waals surface area contributed by atoms with Crippen molar-refractivity contribution in [2.45, 2.75) is 38.5 Å². The Balaban J connectivity index is 1.60. The summed E-state index contributed by atoms with van der Waals surface area (Å²) in [6, 6.07) is 4.02. The summed E-state index contributed by atoms with van der Waals surface area (Å²) in [7, 11) is 0. The molecule has 1 aromatic heterocycles. The number of anilines is 1. The Morgan fingerprint density at radius 1 is 1.27 bits per heavy atom. The predicted molar refractivity (Wildman–Crippen MR) is 82.8 cm³/mol. The highest BCUT2D eigenvalue weighted by Crippen LogP contribution is 2.31. The van der Waals surface area contributed by atoms with Crippen LogP contribution in [0.4, 0.5) is 5.69 Å². The van der Waals surface area contributed by atoms with E-state index < -0.39 is 5.79 Å². The first kappa shape index (κ1) is 15.2. The molecule has 0 atom stereocenters. The SMILES string of the molecule is CC(C)Nc1ccc(C(=O)N2CCC3(CC2)OCCO3)nc1. The molecule has 6 nitrogen and oxygen atoms in total. The van der Waals surface area contributed by atoms with Crippen LogP contribution < -0.4 is 5.32 Å². The van der Waals surface area contributed by atoms with Gasteiger partial charge in [0, 0.05) is 32.0 Å². The molecular formula is C16H23N3O3. The summed E-state index contributed by atoms with van der Waals surface area (Å²) < 4.78 is 11.4. The van der Waals surface area contributed by atoms with E-state index in [0.717, 1.165) is 18.5 Å². The van der Waals surface area contributed by atoms with Gasteiger partial charge in [0.1, 0.15) is 5.69 Å². The second-order valence-corrected chi connectivity index (χ2v) is 6.13. The normalized spacial score (nSPS) is 20.6. The highest BCUT2D eigenvalue weighted by molar-refractivity contribution is 5.92. The van der Waals surface area contributed by atoms with E-state index in [9.17, 15) is 4.79 Å². The van der Waals surface area contributed by atoms with Crippen LogP contribution in [-0.4, -0.2) is 53.9 Å². The molecule has 1 spiro atoms. The average molecular weight is 305 g/mol. The molecule has 3 rings (SSSR count). The quantitative estimate of drug-likeness (QED) is 0.924. The number of nitrogens with one attached hydrogen (secondary N) is 1. The first-order valence-corrected chi connectivity index (χ1v) is 7.88. The number of ether oxygens (including phenoxy) is 2. The molecule has 2 saturated heterocycles. The Labute approximate surface area is 130 Å². The van der Waals surface area contributed by atoms with Crippen molar-refractivity contribution in [3.63, 3.8) is 0 Å². The number of hydrogen-bond acceptors (Lipinski definition) is 5. The highest BCUT2D eigenvalue weighted by atomic mass is 16.7. The molecule has 0 radical (unpaired) electrons. The number of carbonyl (C=O) groups excluding carboxylic acids is 1. The van der Waals surface area contributed by atoms with E-state index in [-0.39, 0.29) is 5.91 Å². The summed E-state index contributed by atoms with van der Waals surface area (Å²) >= 11 is 0. The minimum absolute atomic E-state index is 0.0241. The number of pyridine rings is 1. The van der Waals surface area contributed by atoms with Gasteiger partial charge in [-0.15, -0.1) is 0 Å². The van der Waals surface area contributed by atoms with Crippen LogP contribution in [0.2, 0.25) is 0 Å². The molecule has 0 aliphatic carbocycles. The monoisotopic (exact) mass is 305 g/mol. The Bertz CT molecular complexity index is 514. The molecule has 6 heteroatoms. The third-order valence-electron chi connectivity index (χ3n) is 4.06. The van der Waals surface area contributed by atoms with Crippen LogP contribution in [0.25, 0.3) is 0 Å². The van der Waals surface area contributed by atoms with Crippen molar-refractivity contribution in [3.8, 4) is 0 Å². The summed E-state index contributed by atoms with van der Waals surface area (Å²) in [6.07, 6.45) is 3.17. The largest absolute Gasteiger partial charge is 0.382 e. The van der Waals surface area contributed by atoms with E-state index in [1.54, 1.807) is 12.3 Å². The number of nitrogens with zero attached hydrogens (tertiary/aromatic N) is 2. The summed E-state index contributed by atoms with van der Waals surface area (Å²) in [4.78, 5) is 18.6. The van der Waals surface area contributed by atoms with E-state index in [2.05, 4.69) is 24.1 Å². The first-order valence-electron chi connectivity index (χ1n) is 7.88. The average Bonchev–Trinajstić information content (AvgIpc) is 2.96. The molecule has 0 unspecified atom stereocenters. The molecule has 120 valence electrons. The van der Waals surface area contributed by atoms with Crippen LogP contribution in [0, 0.1) is 0 Å². The van der Waals surface area contributed by atoms with E-state index in [4.69, 9.17) is 9.47 Å². The van der Waals surface area contributed by atoms with Crippen molar-refractivity contribution in [1.82, 2.24) is 9.88 Å². The van der Waals surface area contributed by atoms with Crippen LogP contribution in [0.15, 0.2) is 18.3 Å². The number of rotatable bonds is 3. The second kappa shape index (κ2) is 6.22. The number of aromatic nitrogens is 1. The van der Waals surface area contributed by atoms with Gasteiger partial charge in [0.2, 0.25) is 0 Å². The number of amides is 1. The molecule has 1 aromatic rings. The zero-order valence-corrected chi connectivity index (χ0v) is 13.2. The maximum atomic E-state index is 12.5. The molecule has 2 aliphatic rings. The van der Waals surface area contributed by atoms with Gasteiger partial charge in [-0.2, -0.15) is 0 Å². The second-order valence-electron chi connectivity index (χ2n) is 6.13.